The highest BCUT2D eigenvalue weighted by molar-refractivity contribution is 5.95. The Bertz CT molecular complexity index is 593. The molecule has 0 saturated carbocycles. The van der Waals surface area contributed by atoms with Crippen molar-refractivity contribution >= 4 is 5.91 Å². The molecule has 0 unspecified atom stereocenters. The van der Waals surface area contributed by atoms with Gasteiger partial charge in [-0.15, -0.1) is 0 Å². The summed E-state index contributed by atoms with van der Waals surface area (Å²) >= 11 is 0. The number of carbonyl (C=O) groups is 1. The van der Waals surface area contributed by atoms with Crippen LogP contribution < -0.4 is 10.5 Å². The Balaban J connectivity index is 2.39. The number of para-hydroxylation sites is 2. The highest BCUT2D eigenvalue weighted by Crippen LogP contribution is 2.30. The molecular formula is C15H15NO3. The van der Waals surface area contributed by atoms with Crippen molar-refractivity contribution in [2.45, 2.75) is 13.0 Å². The van der Waals surface area contributed by atoms with Crippen molar-refractivity contribution in [3.63, 3.8) is 0 Å². The van der Waals surface area contributed by atoms with Crippen molar-refractivity contribution in [2.24, 2.45) is 5.73 Å². The molecule has 0 saturated heterocycles. The van der Waals surface area contributed by atoms with Crippen molar-refractivity contribution in [2.75, 3.05) is 0 Å². The topological polar surface area (TPSA) is 72.6 Å². The van der Waals surface area contributed by atoms with Gasteiger partial charge in [0.1, 0.15) is 11.5 Å². The normalized spacial score (nSPS) is 11.9. The van der Waals surface area contributed by atoms with Gasteiger partial charge in [-0.2, -0.15) is 0 Å². The van der Waals surface area contributed by atoms with E-state index in [1.165, 1.54) is 0 Å². The third kappa shape index (κ3) is 2.92. The van der Waals surface area contributed by atoms with Crippen LogP contribution in [0.3, 0.4) is 0 Å². The lowest BCUT2D eigenvalue weighted by atomic mass is 10.1. The summed E-state index contributed by atoms with van der Waals surface area (Å²) in [7, 11) is 0. The van der Waals surface area contributed by atoms with E-state index in [0.717, 1.165) is 0 Å². The molecule has 0 aliphatic rings. The fourth-order valence-corrected chi connectivity index (χ4v) is 1.80. The molecule has 19 heavy (non-hydrogen) atoms. The van der Waals surface area contributed by atoms with Gasteiger partial charge in [-0.05, 0) is 25.1 Å². The maximum Gasteiger partial charge on any atom is 0.252 e. The molecule has 3 N–H and O–H groups in total. The maximum atomic E-state index is 11.3. The van der Waals surface area contributed by atoms with Crippen molar-refractivity contribution in [1.29, 1.82) is 0 Å². The standard InChI is InChI=1S/C15H15NO3/c1-10(17)11-6-2-4-8-13(11)19-14-9-5-3-7-12(14)15(16)18/h2-10,17H,1H3,(H2,16,18)/t10-/m1/s1. The second-order valence-electron chi connectivity index (χ2n) is 4.18. The fourth-order valence-electron chi connectivity index (χ4n) is 1.80. The number of aliphatic hydroxyl groups excluding tert-OH is 1. The number of hydrogen-bond acceptors (Lipinski definition) is 3. The van der Waals surface area contributed by atoms with Gasteiger partial charge in [0.05, 0.1) is 11.7 Å². The molecule has 2 aromatic carbocycles. The molecule has 2 rings (SSSR count). The Morgan fingerprint density at radius 3 is 2.32 bits per heavy atom. The van der Waals surface area contributed by atoms with Gasteiger partial charge >= 0.3 is 0 Å². The van der Waals surface area contributed by atoms with Crippen LogP contribution in [-0.4, -0.2) is 11.0 Å². The monoisotopic (exact) mass is 257 g/mol. The second-order valence-corrected chi connectivity index (χ2v) is 4.18. The largest absolute Gasteiger partial charge is 0.456 e. The molecule has 1 atom stereocenters. The lowest BCUT2D eigenvalue weighted by Gasteiger charge is -2.14. The van der Waals surface area contributed by atoms with E-state index in [1.54, 1.807) is 49.4 Å². The van der Waals surface area contributed by atoms with E-state index >= 15 is 0 Å². The van der Waals surface area contributed by atoms with Gasteiger partial charge in [0.2, 0.25) is 0 Å². The smallest absolute Gasteiger partial charge is 0.252 e. The van der Waals surface area contributed by atoms with Crippen LogP contribution in [0.15, 0.2) is 48.5 Å². The molecule has 0 radical (unpaired) electrons. The van der Waals surface area contributed by atoms with E-state index in [9.17, 15) is 9.90 Å². The van der Waals surface area contributed by atoms with Crippen LogP contribution in [0.25, 0.3) is 0 Å². The number of amides is 1. The first kappa shape index (κ1) is 13.1. The Hall–Kier alpha value is -2.33. The molecule has 1 amide bonds. The summed E-state index contributed by atoms with van der Waals surface area (Å²) in [6.45, 7) is 1.65. The van der Waals surface area contributed by atoms with Gasteiger partial charge in [0.15, 0.2) is 0 Å². The molecule has 98 valence electrons. The summed E-state index contributed by atoms with van der Waals surface area (Å²) in [5.41, 5.74) is 6.26. The predicted molar refractivity (Wildman–Crippen MR) is 72.1 cm³/mol. The summed E-state index contributed by atoms with van der Waals surface area (Å²) in [4.78, 5) is 11.3. The SMILES string of the molecule is C[C@@H](O)c1ccccc1Oc1ccccc1C(N)=O. The van der Waals surface area contributed by atoms with Gasteiger partial charge in [-0.25, -0.2) is 0 Å². The Labute approximate surface area is 111 Å². The first-order chi connectivity index (χ1) is 9.09. The Kier molecular flexibility index (Phi) is 3.82. The van der Waals surface area contributed by atoms with Crippen molar-refractivity contribution < 1.29 is 14.6 Å². The predicted octanol–water partition coefficient (Wildman–Crippen LogP) is 2.63. The molecule has 0 heterocycles. The molecular weight excluding hydrogens is 242 g/mol. The second kappa shape index (κ2) is 5.54. The van der Waals surface area contributed by atoms with Gasteiger partial charge < -0.3 is 15.6 Å². The minimum absolute atomic E-state index is 0.308. The number of benzene rings is 2. The quantitative estimate of drug-likeness (QED) is 0.884. The van der Waals surface area contributed by atoms with Crippen LogP contribution in [0, 0.1) is 0 Å². The first-order valence-electron chi connectivity index (χ1n) is 5.93. The summed E-state index contributed by atoms with van der Waals surface area (Å²) < 4.78 is 5.70. The van der Waals surface area contributed by atoms with Crippen LogP contribution in [-0.2, 0) is 0 Å². The lowest BCUT2D eigenvalue weighted by molar-refractivity contribution is 0.0998. The summed E-state index contributed by atoms with van der Waals surface area (Å²) in [5.74, 6) is 0.333. The minimum Gasteiger partial charge on any atom is -0.456 e. The van der Waals surface area contributed by atoms with Crippen molar-refractivity contribution in [1.82, 2.24) is 0 Å². The molecule has 2 aromatic rings. The van der Waals surface area contributed by atoms with E-state index in [1.807, 2.05) is 6.07 Å². The van der Waals surface area contributed by atoms with Gasteiger partial charge in [-0.1, -0.05) is 30.3 Å². The minimum atomic E-state index is -0.656. The number of aliphatic hydroxyl groups is 1. The van der Waals surface area contributed by atoms with E-state index in [2.05, 4.69) is 0 Å². The average Bonchev–Trinajstić information content (AvgIpc) is 2.39. The number of primary amides is 1. The number of ether oxygens (including phenoxy) is 1. The van der Waals surface area contributed by atoms with Crippen LogP contribution >= 0.6 is 0 Å². The third-order valence-electron chi connectivity index (χ3n) is 2.74. The number of hydrogen-bond donors (Lipinski definition) is 2. The van der Waals surface area contributed by atoms with E-state index < -0.39 is 12.0 Å². The van der Waals surface area contributed by atoms with Gasteiger partial charge in [0, 0.05) is 5.56 Å². The molecule has 0 aliphatic heterocycles. The first-order valence-corrected chi connectivity index (χ1v) is 5.93. The fraction of sp³-hybridized carbons (Fsp3) is 0.133. The number of carbonyl (C=O) groups excluding carboxylic acids is 1. The highest BCUT2D eigenvalue weighted by Gasteiger charge is 2.13. The molecule has 4 nitrogen and oxygen atoms in total. The van der Waals surface area contributed by atoms with Gasteiger partial charge in [0.25, 0.3) is 5.91 Å². The lowest BCUT2D eigenvalue weighted by Crippen LogP contribution is -2.12. The molecule has 4 heteroatoms. The van der Waals surface area contributed by atoms with Crippen molar-refractivity contribution in [3.05, 3.63) is 59.7 Å². The van der Waals surface area contributed by atoms with Crippen LogP contribution in [0.4, 0.5) is 0 Å². The Morgan fingerprint density at radius 1 is 1.11 bits per heavy atom. The Morgan fingerprint density at radius 2 is 1.68 bits per heavy atom. The average molecular weight is 257 g/mol. The highest BCUT2D eigenvalue weighted by atomic mass is 16.5. The van der Waals surface area contributed by atoms with Crippen molar-refractivity contribution in [3.8, 4) is 11.5 Å². The van der Waals surface area contributed by atoms with Crippen LogP contribution in [0.5, 0.6) is 11.5 Å². The van der Waals surface area contributed by atoms with Crippen LogP contribution in [0.2, 0.25) is 0 Å². The van der Waals surface area contributed by atoms with Gasteiger partial charge in [-0.3, -0.25) is 4.79 Å². The molecule has 0 bridgehead atoms. The zero-order valence-corrected chi connectivity index (χ0v) is 10.5. The van der Waals surface area contributed by atoms with Crippen LogP contribution in [0.1, 0.15) is 28.9 Å². The molecule has 0 fully saturated rings. The molecule has 0 aliphatic carbocycles. The van der Waals surface area contributed by atoms with E-state index in [0.29, 0.717) is 22.6 Å². The molecule has 0 spiro atoms. The molecule has 0 aromatic heterocycles. The summed E-state index contributed by atoms with van der Waals surface area (Å²) in [6, 6.07) is 13.9. The van der Waals surface area contributed by atoms with E-state index in [4.69, 9.17) is 10.5 Å². The number of rotatable bonds is 4. The summed E-state index contributed by atoms with van der Waals surface area (Å²) in [5, 5.41) is 9.69. The van der Waals surface area contributed by atoms with E-state index in [-0.39, 0.29) is 0 Å². The summed E-state index contributed by atoms with van der Waals surface area (Å²) in [6.07, 6.45) is -0.656. The zero-order valence-electron chi connectivity index (χ0n) is 10.5. The number of nitrogens with two attached hydrogens (primary N) is 1. The third-order valence-corrected chi connectivity index (χ3v) is 2.74. The maximum absolute atomic E-state index is 11.3. The zero-order chi connectivity index (χ0) is 13.8.